The van der Waals surface area contributed by atoms with Gasteiger partial charge in [0.25, 0.3) is 0 Å². The van der Waals surface area contributed by atoms with Crippen LogP contribution in [0.3, 0.4) is 0 Å². The Balaban J connectivity index is 2.34. The lowest BCUT2D eigenvalue weighted by Gasteiger charge is -2.19. The highest BCUT2D eigenvalue weighted by molar-refractivity contribution is 7.89. The number of ether oxygens (including phenoxy) is 2. The zero-order valence-corrected chi connectivity index (χ0v) is 15.5. The van der Waals surface area contributed by atoms with Crippen LogP contribution in [-0.4, -0.2) is 40.0 Å². The molecule has 0 fully saturated rings. The fourth-order valence-corrected chi connectivity index (χ4v) is 3.63. The van der Waals surface area contributed by atoms with Crippen LogP contribution in [0.1, 0.15) is 21.5 Å². The monoisotopic (exact) mass is 363 g/mol. The summed E-state index contributed by atoms with van der Waals surface area (Å²) in [5, 5.41) is 0. The van der Waals surface area contributed by atoms with Gasteiger partial charge in [-0.25, -0.2) is 13.2 Å². The molecular formula is C18H21NO5S. The summed E-state index contributed by atoms with van der Waals surface area (Å²) in [5.41, 5.74) is 1.96. The highest BCUT2D eigenvalue weighted by atomic mass is 32.2. The van der Waals surface area contributed by atoms with E-state index in [0.717, 1.165) is 11.1 Å². The average Bonchev–Trinajstić information content (AvgIpc) is 2.61. The number of benzene rings is 2. The van der Waals surface area contributed by atoms with Crippen molar-refractivity contribution in [1.29, 1.82) is 0 Å². The molecule has 0 saturated heterocycles. The Hall–Kier alpha value is -2.38. The van der Waals surface area contributed by atoms with Crippen LogP contribution >= 0.6 is 0 Å². The van der Waals surface area contributed by atoms with E-state index < -0.39 is 16.0 Å². The first kappa shape index (κ1) is 19.0. The molecule has 6 nitrogen and oxygen atoms in total. The molecule has 2 aromatic carbocycles. The van der Waals surface area contributed by atoms with Crippen molar-refractivity contribution < 1.29 is 22.7 Å². The smallest absolute Gasteiger partial charge is 0.337 e. The van der Waals surface area contributed by atoms with Crippen LogP contribution in [0.4, 0.5) is 0 Å². The average molecular weight is 363 g/mol. The van der Waals surface area contributed by atoms with Gasteiger partial charge in [-0.2, -0.15) is 4.31 Å². The summed E-state index contributed by atoms with van der Waals surface area (Å²) < 4.78 is 36.8. The predicted octanol–water partition coefficient (Wildman–Crippen LogP) is 2.61. The Morgan fingerprint density at radius 3 is 2.48 bits per heavy atom. The van der Waals surface area contributed by atoms with Crippen molar-refractivity contribution in [3.8, 4) is 5.75 Å². The maximum absolute atomic E-state index is 12.8. The quantitative estimate of drug-likeness (QED) is 0.738. The second-order valence-electron chi connectivity index (χ2n) is 5.60. The molecule has 0 radical (unpaired) electrons. The molecule has 2 aromatic rings. The molecular weight excluding hydrogens is 342 g/mol. The summed E-state index contributed by atoms with van der Waals surface area (Å²) in [6.45, 7) is 2.08. The molecule has 0 bridgehead atoms. The molecule has 0 saturated carbocycles. The number of hydrogen-bond donors (Lipinski definition) is 0. The highest BCUT2D eigenvalue weighted by Crippen LogP contribution is 2.24. The van der Waals surface area contributed by atoms with Crippen LogP contribution < -0.4 is 4.74 Å². The van der Waals surface area contributed by atoms with Gasteiger partial charge >= 0.3 is 5.97 Å². The molecule has 0 atom stereocenters. The van der Waals surface area contributed by atoms with Gasteiger partial charge in [0.05, 0.1) is 24.7 Å². The number of carbonyl (C=O) groups is 1. The summed E-state index contributed by atoms with van der Waals surface area (Å²) >= 11 is 0. The van der Waals surface area contributed by atoms with Gasteiger partial charge in [0.15, 0.2) is 0 Å². The number of methoxy groups -OCH3 is 2. The van der Waals surface area contributed by atoms with Crippen LogP contribution in [0, 0.1) is 6.92 Å². The fourth-order valence-electron chi connectivity index (χ4n) is 2.44. The summed E-state index contributed by atoms with van der Waals surface area (Å²) in [6.07, 6.45) is 0. The Morgan fingerprint density at radius 2 is 1.84 bits per heavy atom. The Kier molecular flexibility index (Phi) is 5.81. The first-order chi connectivity index (χ1) is 11.8. The van der Waals surface area contributed by atoms with E-state index in [0.29, 0.717) is 5.75 Å². The SMILES string of the molecule is COC(=O)c1cccc(S(=O)(=O)N(C)Cc2cc(C)ccc2OC)c1. The van der Waals surface area contributed by atoms with Crippen LogP contribution in [0.25, 0.3) is 0 Å². The standard InChI is InChI=1S/C18H21NO5S/c1-13-8-9-17(23-3)15(10-13)12-19(2)25(21,22)16-7-5-6-14(11-16)18(20)24-4/h5-11H,12H2,1-4H3. The molecule has 2 rings (SSSR count). The number of nitrogens with zero attached hydrogens (tertiary/aromatic N) is 1. The molecule has 0 aliphatic rings. The molecule has 0 aliphatic carbocycles. The second-order valence-corrected chi connectivity index (χ2v) is 7.64. The van der Waals surface area contributed by atoms with E-state index in [9.17, 15) is 13.2 Å². The minimum absolute atomic E-state index is 0.0320. The third kappa shape index (κ3) is 4.18. The Labute approximate surface area is 148 Å². The van der Waals surface area contributed by atoms with Gasteiger partial charge < -0.3 is 9.47 Å². The summed E-state index contributed by atoms with van der Waals surface area (Å²) in [4.78, 5) is 11.7. The molecule has 0 aromatic heterocycles. The van der Waals surface area contributed by atoms with E-state index in [1.807, 2.05) is 25.1 Å². The minimum atomic E-state index is -3.77. The molecule has 0 amide bonds. The van der Waals surface area contributed by atoms with Gasteiger partial charge in [0.2, 0.25) is 10.0 Å². The van der Waals surface area contributed by atoms with Crippen LogP contribution in [0.15, 0.2) is 47.4 Å². The van der Waals surface area contributed by atoms with Crippen LogP contribution in [-0.2, 0) is 21.3 Å². The van der Waals surface area contributed by atoms with Crippen molar-refractivity contribution in [3.05, 3.63) is 59.2 Å². The second kappa shape index (κ2) is 7.67. The van der Waals surface area contributed by atoms with Crippen molar-refractivity contribution >= 4 is 16.0 Å². The lowest BCUT2D eigenvalue weighted by molar-refractivity contribution is 0.0600. The number of esters is 1. The minimum Gasteiger partial charge on any atom is -0.496 e. The summed E-state index contributed by atoms with van der Waals surface area (Å²) in [5.74, 6) is 0.0380. The van der Waals surface area contributed by atoms with Crippen LogP contribution in [0.5, 0.6) is 5.75 Å². The van der Waals surface area contributed by atoms with E-state index >= 15 is 0 Å². The Morgan fingerprint density at radius 1 is 1.12 bits per heavy atom. The maximum atomic E-state index is 12.8. The predicted molar refractivity (Wildman–Crippen MR) is 94.2 cm³/mol. The molecule has 0 spiro atoms. The maximum Gasteiger partial charge on any atom is 0.337 e. The zero-order chi connectivity index (χ0) is 18.6. The van der Waals surface area contributed by atoms with Crippen molar-refractivity contribution in [2.75, 3.05) is 21.3 Å². The molecule has 134 valence electrons. The summed E-state index contributed by atoms with van der Waals surface area (Å²) in [7, 11) is 0.513. The van der Waals surface area contributed by atoms with Crippen LogP contribution in [0.2, 0.25) is 0 Å². The zero-order valence-electron chi connectivity index (χ0n) is 14.6. The van der Waals surface area contributed by atoms with E-state index in [1.165, 1.54) is 42.7 Å². The first-order valence-corrected chi connectivity index (χ1v) is 9.02. The number of carbonyl (C=O) groups excluding carboxylic acids is 1. The van der Waals surface area contributed by atoms with E-state index in [-0.39, 0.29) is 17.0 Å². The fraction of sp³-hybridized carbons (Fsp3) is 0.278. The molecule has 0 unspecified atom stereocenters. The van der Waals surface area contributed by atoms with Crippen molar-refractivity contribution in [1.82, 2.24) is 4.31 Å². The van der Waals surface area contributed by atoms with Gasteiger partial charge in [0.1, 0.15) is 5.75 Å². The van der Waals surface area contributed by atoms with E-state index in [1.54, 1.807) is 7.11 Å². The number of sulfonamides is 1. The third-order valence-electron chi connectivity index (χ3n) is 3.79. The molecule has 0 N–H and O–H groups in total. The molecule has 7 heteroatoms. The highest BCUT2D eigenvalue weighted by Gasteiger charge is 2.23. The largest absolute Gasteiger partial charge is 0.496 e. The van der Waals surface area contributed by atoms with Gasteiger partial charge in [-0.1, -0.05) is 23.8 Å². The Bertz CT molecular complexity index is 877. The lowest BCUT2D eigenvalue weighted by atomic mass is 10.1. The van der Waals surface area contributed by atoms with E-state index in [4.69, 9.17) is 4.74 Å². The molecule has 0 aliphatic heterocycles. The van der Waals surface area contributed by atoms with Gasteiger partial charge in [-0.3, -0.25) is 0 Å². The number of rotatable bonds is 6. The topological polar surface area (TPSA) is 72.9 Å². The van der Waals surface area contributed by atoms with Gasteiger partial charge in [-0.05, 0) is 31.2 Å². The molecule has 0 heterocycles. The first-order valence-electron chi connectivity index (χ1n) is 7.58. The van der Waals surface area contributed by atoms with Gasteiger partial charge in [-0.15, -0.1) is 0 Å². The normalized spacial score (nSPS) is 11.4. The van der Waals surface area contributed by atoms with Crippen molar-refractivity contribution in [2.45, 2.75) is 18.4 Å². The number of hydrogen-bond acceptors (Lipinski definition) is 5. The van der Waals surface area contributed by atoms with Gasteiger partial charge in [0, 0.05) is 19.2 Å². The lowest BCUT2D eigenvalue weighted by Crippen LogP contribution is -2.27. The third-order valence-corrected chi connectivity index (χ3v) is 5.59. The number of aryl methyl sites for hydroxylation is 1. The van der Waals surface area contributed by atoms with E-state index in [2.05, 4.69) is 4.74 Å². The van der Waals surface area contributed by atoms with Crippen molar-refractivity contribution in [3.63, 3.8) is 0 Å². The summed E-state index contributed by atoms with van der Waals surface area (Å²) in [6, 6.07) is 11.4. The van der Waals surface area contributed by atoms with Crippen molar-refractivity contribution in [2.24, 2.45) is 0 Å². The molecule has 25 heavy (non-hydrogen) atoms.